The topological polar surface area (TPSA) is 60.9 Å². The number of amides is 1. The lowest BCUT2D eigenvalue weighted by Gasteiger charge is -2.27. The lowest BCUT2D eigenvalue weighted by molar-refractivity contribution is -0.119. The predicted molar refractivity (Wildman–Crippen MR) is 80.1 cm³/mol. The van der Waals surface area contributed by atoms with Crippen LogP contribution in [0.5, 0.6) is 0 Å². The van der Waals surface area contributed by atoms with Gasteiger partial charge in [-0.1, -0.05) is 15.9 Å². The van der Waals surface area contributed by atoms with E-state index >= 15 is 0 Å². The molecule has 2 aromatic rings. The highest BCUT2D eigenvalue weighted by Gasteiger charge is 2.27. The average Bonchev–Trinajstić information content (AvgIpc) is 2.65. The van der Waals surface area contributed by atoms with E-state index in [2.05, 4.69) is 20.9 Å². The van der Waals surface area contributed by atoms with E-state index in [4.69, 9.17) is 17.3 Å². The normalized spacial score (nSPS) is 12.0. The molecule has 0 bridgehead atoms. The molecule has 2 rings (SSSR count). The number of nitrogens with two attached hydrogens (primary N) is 1. The van der Waals surface area contributed by atoms with E-state index in [0.29, 0.717) is 0 Å². The number of carbonyl (C=O) groups excluding carboxylic acids is 1. The standard InChI is InChI=1S/C13H15BrClN3O/c1-13(2,6-11(16)19)18-10-4-3-8(14)5-9(10)17-12(18)7-15/h3-5H,6-7H2,1-2H3,(H2,16,19). The zero-order valence-corrected chi connectivity index (χ0v) is 13.1. The maximum absolute atomic E-state index is 11.2. The Balaban J connectivity index is 2.66. The summed E-state index contributed by atoms with van der Waals surface area (Å²) in [6, 6.07) is 5.84. The highest BCUT2D eigenvalue weighted by molar-refractivity contribution is 9.10. The van der Waals surface area contributed by atoms with Gasteiger partial charge in [0, 0.05) is 16.4 Å². The Bertz CT molecular complexity index is 636. The van der Waals surface area contributed by atoms with Gasteiger partial charge in [-0.3, -0.25) is 4.79 Å². The highest BCUT2D eigenvalue weighted by atomic mass is 79.9. The van der Waals surface area contributed by atoms with Crippen LogP contribution in [0.2, 0.25) is 0 Å². The molecule has 0 saturated heterocycles. The number of benzene rings is 1. The molecule has 0 aliphatic carbocycles. The Morgan fingerprint density at radius 2 is 2.21 bits per heavy atom. The monoisotopic (exact) mass is 343 g/mol. The van der Waals surface area contributed by atoms with Crippen LogP contribution in [0.25, 0.3) is 11.0 Å². The Kier molecular flexibility index (Phi) is 3.87. The second-order valence-electron chi connectivity index (χ2n) is 5.09. The first-order valence-electron chi connectivity index (χ1n) is 5.87. The van der Waals surface area contributed by atoms with Crippen molar-refractivity contribution >= 4 is 44.5 Å². The third-order valence-corrected chi connectivity index (χ3v) is 3.75. The molecule has 1 amide bonds. The maximum atomic E-state index is 11.2. The zero-order chi connectivity index (χ0) is 14.2. The first-order chi connectivity index (χ1) is 8.85. The Hall–Kier alpha value is -1.07. The number of hydrogen-bond acceptors (Lipinski definition) is 2. The summed E-state index contributed by atoms with van der Waals surface area (Å²) >= 11 is 9.40. The summed E-state index contributed by atoms with van der Waals surface area (Å²) in [5.74, 6) is 0.680. The van der Waals surface area contributed by atoms with Gasteiger partial charge in [-0.05, 0) is 32.0 Å². The van der Waals surface area contributed by atoms with Crippen molar-refractivity contribution in [1.29, 1.82) is 0 Å². The zero-order valence-electron chi connectivity index (χ0n) is 10.8. The van der Waals surface area contributed by atoms with Crippen molar-refractivity contribution in [1.82, 2.24) is 9.55 Å². The molecule has 1 heterocycles. The molecule has 4 nitrogen and oxygen atoms in total. The number of halogens is 2. The third kappa shape index (κ3) is 2.77. The van der Waals surface area contributed by atoms with E-state index in [9.17, 15) is 4.79 Å². The van der Waals surface area contributed by atoms with Crippen molar-refractivity contribution in [3.8, 4) is 0 Å². The summed E-state index contributed by atoms with van der Waals surface area (Å²) in [5.41, 5.74) is 6.67. The Morgan fingerprint density at radius 3 is 2.79 bits per heavy atom. The summed E-state index contributed by atoms with van der Waals surface area (Å²) in [4.78, 5) is 15.8. The van der Waals surface area contributed by atoms with Gasteiger partial charge < -0.3 is 10.3 Å². The lowest BCUT2D eigenvalue weighted by Crippen LogP contribution is -2.33. The van der Waals surface area contributed by atoms with E-state index in [1.807, 2.05) is 36.6 Å². The van der Waals surface area contributed by atoms with Gasteiger partial charge in [0.2, 0.25) is 5.91 Å². The van der Waals surface area contributed by atoms with Crippen LogP contribution in [0, 0.1) is 0 Å². The smallest absolute Gasteiger partial charge is 0.219 e. The number of rotatable bonds is 4. The molecular formula is C13H15BrClN3O. The Labute approximate surface area is 125 Å². The quantitative estimate of drug-likeness (QED) is 0.866. The van der Waals surface area contributed by atoms with Crippen LogP contribution in [0.3, 0.4) is 0 Å². The van der Waals surface area contributed by atoms with E-state index < -0.39 is 5.54 Å². The fourth-order valence-electron chi connectivity index (χ4n) is 2.37. The van der Waals surface area contributed by atoms with Crippen LogP contribution in [-0.2, 0) is 16.2 Å². The molecular weight excluding hydrogens is 330 g/mol. The van der Waals surface area contributed by atoms with E-state index in [1.54, 1.807) is 0 Å². The van der Waals surface area contributed by atoms with Crippen LogP contribution >= 0.6 is 27.5 Å². The van der Waals surface area contributed by atoms with Crippen LogP contribution in [0.4, 0.5) is 0 Å². The number of primary amides is 1. The molecule has 0 fully saturated rings. The number of aromatic nitrogens is 2. The van der Waals surface area contributed by atoms with Crippen molar-refractivity contribution in [3.05, 3.63) is 28.5 Å². The number of hydrogen-bond donors (Lipinski definition) is 1. The highest BCUT2D eigenvalue weighted by Crippen LogP contribution is 2.30. The van der Waals surface area contributed by atoms with Crippen molar-refractivity contribution in [2.45, 2.75) is 31.7 Å². The van der Waals surface area contributed by atoms with Gasteiger partial charge in [0.15, 0.2) is 0 Å². The molecule has 0 radical (unpaired) electrons. The van der Waals surface area contributed by atoms with Gasteiger partial charge in [-0.2, -0.15) is 0 Å². The van der Waals surface area contributed by atoms with Gasteiger partial charge in [0.25, 0.3) is 0 Å². The van der Waals surface area contributed by atoms with Crippen LogP contribution in [0.15, 0.2) is 22.7 Å². The molecule has 0 aliphatic heterocycles. The molecule has 1 aromatic heterocycles. The molecule has 0 spiro atoms. The molecule has 0 atom stereocenters. The summed E-state index contributed by atoms with van der Waals surface area (Å²) in [6.45, 7) is 3.91. The molecule has 19 heavy (non-hydrogen) atoms. The fourth-order valence-corrected chi connectivity index (χ4v) is 2.90. The summed E-state index contributed by atoms with van der Waals surface area (Å²) in [7, 11) is 0. The van der Waals surface area contributed by atoms with Gasteiger partial charge in [0.1, 0.15) is 5.82 Å². The number of nitrogens with zero attached hydrogens (tertiary/aromatic N) is 2. The van der Waals surface area contributed by atoms with Crippen molar-refractivity contribution in [3.63, 3.8) is 0 Å². The van der Waals surface area contributed by atoms with Crippen LogP contribution < -0.4 is 5.73 Å². The second-order valence-corrected chi connectivity index (χ2v) is 6.27. The first-order valence-corrected chi connectivity index (χ1v) is 7.19. The minimum Gasteiger partial charge on any atom is -0.370 e. The minimum absolute atomic E-state index is 0.235. The average molecular weight is 345 g/mol. The van der Waals surface area contributed by atoms with Gasteiger partial charge in [-0.15, -0.1) is 11.6 Å². The van der Waals surface area contributed by atoms with Gasteiger partial charge in [0.05, 0.1) is 16.9 Å². The summed E-state index contributed by atoms with van der Waals surface area (Å²) in [6.07, 6.45) is 0.235. The molecule has 0 saturated carbocycles. The minimum atomic E-state index is -0.460. The number of imidazole rings is 1. The van der Waals surface area contributed by atoms with Gasteiger partial charge >= 0.3 is 0 Å². The van der Waals surface area contributed by atoms with Crippen molar-refractivity contribution in [2.75, 3.05) is 0 Å². The molecule has 1 aromatic carbocycles. The first kappa shape index (κ1) is 14.3. The van der Waals surface area contributed by atoms with Crippen molar-refractivity contribution in [2.24, 2.45) is 5.73 Å². The van der Waals surface area contributed by atoms with Crippen LogP contribution in [0.1, 0.15) is 26.1 Å². The largest absolute Gasteiger partial charge is 0.370 e. The molecule has 102 valence electrons. The lowest BCUT2D eigenvalue weighted by atomic mass is 9.99. The van der Waals surface area contributed by atoms with Crippen LogP contribution in [-0.4, -0.2) is 15.5 Å². The Morgan fingerprint density at radius 1 is 1.53 bits per heavy atom. The second kappa shape index (κ2) is 5.13. The number of fused-ring (bicyclic) bond motifs is 1. The van der Waals surface area contributed by atoms with Crippen molar-refractivity contribution < 1.29 is 4.79 Å². The summed E-state index contributed by atoms with van der Waals surface area (Å²) < 4.78 is 2.95. The van der Waals surface area contributed by atoms with E-state index in [0.717, 1.165) is 21.3 Å². The van der Waals surface area contributed by atoms with E-state index in [1.165, 1.54) is 0 Å². The number of alkyl halides is 1. The predicted octanol–water partition coefficient (Wildman–Crippen LogP) is 3.15. The molecule has 2 N–H and O–H groups in total. The molecule has 0 unspecified atom stereocenters. The maximum Gasteiger partial charge on any atom is 0.219 e. The van der Waals surface area contributed by atoms with Gasteiger partial charge in [-0.25, -0.2) is 4.98 Å². The number of carbonyl (C=O) groups is 1. The third-order valence-electron chi connectivity index (χ3n) is 3.02. The van der Waals surface area contributed by atoms with E-state index in [-0.39, 0.29) is 18.2 Å². The molecule has 0 aliphatic rings. The SMILES string of the molecule is CC(C)(CC(N)=O)n1c(CCl)nc2cc(Br)ccc21. The fraction of sp³-hybridized carbons (Fsp3) is 0.385. The molecule has 6 heteroatoms. The summed E-state index contributed by atoms with van der Waals surface area (Å²) in [5, 5.41) is 0.